The number of anilines is 1. The molecule has 1 aromatic rings. The lowest BCUT2D eigenvalue weighted by Crippen LogP contribution is -2.16. The molecule has 0 heterocycles. The zero-order chi connectivity index (χ0) is 12.0. The van der Waals surface area contributed by atoms with E-state index >= 15 is 0 Å². The smallest absolute Gasteiger partial charge is 0.232 e. The van der Waals surface area contributed by atoms with Gasteiger partial charge in [0.05, 0.1) is 5.75 Å². The second-order valence-corrected chi connectivity index (χ2v) is 5.34. The molecule has 0 aliphatic heterocycles. The first-order valence-electron chi connectivity index (χ1n) is 5.14. The Labute approximate surface area is 96.9 Å². The van der Waals surface area contributed by atoms with Crippen LogP contribution in [-0.2, 0) is 10.0 Å². The Kier molecular flexibility index (Phi) is 4.39. The van der Waals surface area contributed by atoms with Crippen LogP contribution in [0.5, 0.6) is 0 Å². The summed E-state index contributed by atoms with van der Waals surface area (Å²) < 4.78 is 25.7. The number of rotatable bonds is 5. The minimum absolute atomic E-state index is 0.143. The number of hydrogen-bond donors (Lipinski definition) is 1. The van der Waals surface area contributed by atoms with Gasteiger partial charge in [0.2, 0.25) is 10.0 Å². The van der Waals surface area contributed by atoms with Crippen molar-refractivity contribution in [3.8, 4) is 12.3 Å². The third kappa shape index (κ3) is 3.95. The maximum atomic E-state index is 11.6. The van der Waals surface area contributed by atoms with E-state index in [4.69, 9.17) is 6.42 Å². The highest BCUT2D eigenvalue weighted by atomic mass is 32.2. The van der Waals surface area contributed by atoms with Crippen LogP contribution in [0.4, 0.5) is 5.69 Å². The van der Waals surface area contributed by atoms with Gasteiger partial charge in [-0.25, -0.2) is 8.42 Å². The normalized spacial score (nSPS) is 10.8. The lowest BCUT2D eigenvalue weighted by atomic mass is 10.2. The van der Waals surface area contributed by atoms with Crippen LogP contribution in [0.2, 0.25) is 0 Å². The van der Waals surface area contributed by atoms with Crippen LogP contribution >= 0.6 is 0 Å². The van der Waals surface area contributed by atoms with E-state index < -0.39 is 10.0 Å². The zero-order valence-corrected chi connectivity index (χ0v) is 10.0. The summed E-state index contributed by atoms with van der Waals surface area (Å²) in [6, 6.07) is 6.81. The maximum absolute atomic E-state index is 11.6. The summed E-state index contributed by atoms with van der Waals surface area (Å²) in [5.41, 5.74) is 1.18. The molecule has 0 saturated heterocycles. The van der Waals surface area contributed by atoms with Gasteiger partial charge >= 0.3 is 0 Å². The molecule has 0 atom stereocenters. The highest BCUT2D eigenvalue weighted by Crippen LogP contribution is 2.12. The molecular formula is C12H15NO2S. The SMILES string of the molecule is C#Cc1cccc(NS(=O)(=O)CCCC)c1. The van der Waals surface area contributed by atoms with Crippen molar-refractivity contribution in [3.63, 3.8) is 0 Å². The standard InChI is InChI=1S/C12H15NO2S/c1-3-5-9-16(14,15)13-12-8-6-7-11(4-2)10-12/h2,6-8,10,13H,3,5,9H2,1H3. The van der Waals surface area contributed by atoms with Gasteiger partial charge in [-0.1, -0.05) is 25.3 Å². The van der Waals surface area contributed by atoms with Crippen molar-refractivity contribution in [2.75, 3.05) is 10.5 Å². The van der Waals surface area contributed by atoms with Crippen molar-refractivity contribution in [2.24, 2.45) is 0 Å². The fraction of sp³-hybridized carbons (Fsp3) is 0.333. The largest absolute Gasteiger partial charge is 0.284 e. The van der Waals surface area contributed by atoms with Gasteiger partial charge in [0.1, 0.15) is 0 Å². The second kappa shape index (κ2) is 5.57. The Hall–Kier alpha value is -1.47. The summed E-state index contributed by atoms with van der Waals surface area (Å²) in [6.45, 7) is 1.95. The predicted octanol–water partition coefficient (Wildman–Crippen LogP) is 2.21. The van der Waals surface area contributed by atoms with Crippen LogP contribution in [0, 0.1) is 12.3 Å². The maximum Gasteiger partial charge on any atom is 0.232 e. The van der Waals surface area contributed by atoms with Crippen molar-refractivity contribution in [2.45, 2.75) is 19.8 Å². The molecule has 3 nitrogen and oxygen atoms in total. The quantitative estimate of drug-likeness (QED) is 0.798. The molecule has 86 valence electrons. The number of nitrogens with one attached hydrogen (secondary N) is 1. The molecule has 0 radical (unpaired) electrons. The summed E-state index contributed by atoms with van der Waals surface area (Å²) in [6.07, 6.45) is 6.74. The second-order valence-electron chi connectivity index (χ2n) is 3.50. The fourth-order valence-electron chi connectivity index (χ4n) is 1.24. The van der Waals surface area contributed by atoms with E-state index in [0.29, 0.717) is 17.7 Å². The number of unbranched alkanes of at least 4 members (excludes halogenated alkanes) is 1. The van der Waals surface area contributed by atoms with E-state index in [0.717, 1.165) is 6.42 Å². The van der Waals surface area contributed by atoms with E-state index in [9.17, 15) is 8.42 Å². The monoisotopic (exact) mass is 237 g/mol. The van der Waals surface area contributed by atoms with Gasteiger partial charge in [0.25, 0.3) is 0 Å². The summed E-state index contributed by atoms with van der Waals surface area (Å²) in [5.74, 6) is 2.60. The zero-order valence-electron chi connectivity index (χ0n) is 9.23. The molecule has 4 heteroatoms. The Morgan fingerprint density at radius 1 is 1.44 bits per heavy atom. The molecule has 1 N–H and O–H groups in total. The molecule has 1 aromatic carbocycles. The topological polar surface area (TPSA) is 46.2 Å². The number of sulfonamides is 1. The lowest BCUT2D eigenvalue weighted by molar-refractivity contribution is 0.598. The first kappa shape index (κ1) is 12.6. The highest BCUT2D eigenvalue weighted by Gasteiger charge is 2.09. The van der Waals surface area contributed by atoms with Crippen molar-refractivity contribution in [1.82, 2.24) is 0 Å². The summed E-state index contributed by atoms with van der Waals surface area (Å²) in [7, 11) is -3.24. The minimum atomic E-state index is -3.24. The van der Waals surface area contributed by atoms with Crippen LogP contribution < -0.4 is 4.72 Å². The van der Waals surface area contributed by atoms with Crippen LogP contribution in [0.3, 0.4) is 0 Å². The number of hydrogen-bond acceptors (Lipinski definition) is 2. The van der Waals surface area contributed by atoms with E-state index in [-0.39, 0.29) is 5.75 Å². The van der Waals surface area contributed by atoms with Crippen molar-refractivity contribution in [3.05, 3.63) is 29.8 Å². The Balaban J connectivity index is 2.77. The summed E-state index contributed by atoms with van der Waals surface area (Å²) in [4.78, 5) is 0. The van der Waals surface area contributed by atoms with Crippen LogP contribution in [0.1, 0.15) is 25.3 Å². The molecule has 0 bridgehead atoms. The lowest BCUT2D eigenvalue weighted by Gasteiger charge is -2.07. The van der Waals surface area contributed by atoms with E-state index in [1.165, 1.54) is 0 Å². The highest BCUT2D eigenvalue weighted by molar-refractivity contribution is 7.92. The van der Waals surface area contributed by atoms with Gasteiger partial charge in [0.15, 0.2) is 0 Å². The fourth-order valence-corrected chi connectivity index (χ4v) is 2.49. The van der Waals surface area contributed by atoms with Gasteiger partial charge in [0, 0.05) is 11.3 Å². The van der Waals surface area contributed by atoms with Crippen molar-refractivity contribution < 1.29 is 8.42 Å². The molecular weight excluding hydrogens is 222 g/mol. The van der Waals surface area contributed by atoms with Gasteiger partial charge in [-0.3, -0.25) is 4.72 Å². The molecule has 16 heavy (non-hydrogen) atoms. The molecule has 0 aliphatic carbocycles. The molecule has 0 fully saturated rings. The number of benzene rings is 1. The van der Waals surface area contributed by atoms with Gasteiger partial charge in [-0.05, 0) is 24.6 Å². The van der Waals surface area contributed by atoms with E-state index in [1.807, 2.05) is 6.92 Å². The molecule has 0 aliphatic rings. The molecule has 0 amide bonds. The summed E-state index contributed by atoms with van der Waals surface area (Å²) in [5, 5.41) is 0. The minimum Gasteiger partial charge on any atom is -0.284 e. The Morgan fingerprint density at radius 3 is 2.81 bits per heavy atom. The van der Waals surface area contributed by atoms with Crippen molar-refractivity contribution in [1.29, 1.82) is 0 Å². The molecule has 1 rings (SSSR count). The molecule has 0 unspecified atom stereocenters. The number of terminal acetylenes is 1. The molecule has 0 aromatic heterocycles. The predicted molar refractivity (Wildman–Crippen MR) is 66.7 cm³/mol. The third-order valence-corrected chi connectivity index (χ3v) is 3.44. The summed E-state index contributed by atoms with van der Waals surface area (Å²) >= 11 is 0. The molecule has 0 spiro atoms. The van der Waals surface area contributed by atoms with Gasteiger partial charge in [-0.2, -0.15) is 0 Å². The average molecular weight is 237 g/mol. The van der Waals surface area contributed by atoms with Crippen LogP contribution in [-0.4, -0.2) is 14.2 Å². The Morgan fingerprint density at radius 2 is 2.19 bits per heavy atom. The van der Waals surface area contributed by atoms with Crippen LogP contribution in [0.15, 0.2) is 24.3 Å². The van der Waals surface area contributed by atoms with E-state index in [1.54, 1.807) is 24.3 Å². The first-order chi connectivity index (χ1) is 7.57. The van der Waals surface area contributed by atoms with Gasteiger partial charge in [-0.15, -0.1) is 6.42 Å². The van der Waals surface area contributed by atoms with E-state index in [2.05, 4.69) is 10.6 Å². The van der Waals surface area contributed by atoms with Crippen molar-refractivity contribution >= 4 is 15.7 Å². The first-order valence-corrected chi connectivity index (χ1v) is 6.80. The average Bonchev–Trinajstić information content (AvgIpc) is 2.26. The van der Waals surface area contributed by atoms with Crippen LogP contribution in [0.25, 0.3) is 0 Å². The molecule has 0 saturated carbocycles. The Bertz CT molecular complexity index is 486. The van der Waals surface area contributed by atoms with Gasteiger partial charge < -0.3 is 0 Å². The third-order valence-electron chi connectivity index (χ3n) is 2.07.